The molecular formula is C24H27N3O6S2. The number of thioether (sulfide) groups is 1. The van der Waals surface area contributed by atoms with E-state index in [2.05, 4.69) is 10.1 Å². The van der Waals surface area contributed by atoms with Crippen LogP contribution in [0.2, 0.25) is 0 Å². The van der Waals surface area contributed by atoms with Gasteiger partial charge in [0.15, 0.2) is 0 Å². The molecule has 0 saturated carbocycles. The van der Waals surface area contributed by atoms with Crippen molar-refractivity contribution in [3.8, 4) is 0 Å². The number of sulfonamides is 1. The number of fused-ring (bicyclic) bond motifs is 1. The first-order chi connectivity index (χ1) is 16.7. The summed E-state index contributed by atoms with van der Waals surface area (Å²) in [6.45, 7) is 2.47. The van der Waals surface area contributed by atoms with E-state index >= 15 is 0 Å². The second-order valence-corrected chi connectivity index (χ2v) is 11.5. The first-order valence-corrected chi connectivity index (χ1v) is 13.7. The summed E-state index contributed by atoms with van der Waals surface area (Å²) in [7, 11) is -2.39. The number of carbonyl (C=O) groups is 3. The van der Waals surface area contributed by atoms with Crippen molar-refractivity contribution in [2.24, 2.45) is 5.92 Å². The Morgan fingerprint density at radius 1 is 1.11 bits per heavy atom. The molecule has 186 valence electrons. The highest BCUT2D eigenvalue weighted by Gasteiger charge is 2.33. The molecule has 35 heavy (non-hydrogen) atoms. The number of amides is 2. The molecule has 0 bridgehead atoms. The number of anilines is 2. The summed E-state index contributed by atoms with van der Waals surface area (Å²) in [5.74, 6) is -0.999. The van der Waals surface area contributed by atoms with E-state index < -0.39 is 21.9 Å². The van der Waals surface area contributed by atoms with Crippen molar-refractivity contribution in [2.45, 2.75) is 29.6 Å². The fourth-order valence-electron chi connectivity index (χ4n) is 4.05. The molecule has 0 radical (unpaired) electrons. The minimum Gasteiger partial charge on any atom is -0.465 e. The number of methoxy groups -OCH3 is 1. The summed E-state index contributed by atoms with van der Waals surface area (Å²) in [5.41, 5.74) is 1.22. The number of hydrogen-bond donors (Lipinski definition) is 1. The van der Waals surface area contributed by atoms with E-state index in [0.29, 0.717) is 35.8 Å². The quantitative estimate of drug-likeness (QED) is 0.586. The molecule has 1 saturated heterocycles. The number of ether oxygens (including phenoxy) is 1. The smallest absolute Gasteiger partial charge is 0.337 e. The predicted octanol–water partition coefficient (Wildman–Crippen LogP) is 2.97. The molecule has 4 rings (SSSR count). The van der Waals surface area contributed by atoms with Crippen LogP contribution in [-0.4, -0.2) is 63.0 Å². The first kappa shape index (κ1) is 25.2. The van der Waals surface area contributed by atoms with Crippen LogP contribution >= 0.6 is 11.8 Å². The number of carbonyl (C=O) groups excluding carboxylic acids is 3. The maximum Gasteiger partial charge on any atom is 0.337 e. The number of nitrogens with one attached hydrogen (secondary N) is 1. The maximum atomic E-state index is 13.2. The molecule has 2 aliphatic heterocycles. The molecule has 0 spiro atoms. The van der Waals surface area contributed by atoms with Gasteiger partial charge in [-0.1, -0.05) is 6.92 Å². The lowest BCUT2D eigenvalue weighted by atomic mass is 10.1. The van der Waals surface area contributed by atoms with Crippen molar-refractivity contribution >= 4 is 50.9 Å². The van der Waals surface area contributed by atoms with E-state index in [1.165, 1.54) is 46.3 Å². The Morgan fingerprint density at radius 3 is 2.46 bits per heavy atom. The molecule has 0 aromatic heterocycles. The van der Waals surface area contributed by atoms with Gasteiger partial charge in [-0.2, -0.15) is 4.31 Å². The lowest BCUT2D eigenvalue weighted by molar-refractivity contribution is -0.123. The van der Waals surface area contributed by atoms with E-state index in [4.69, 9.17) is 0 Å². The van der Waals surface area contributed by atoms with Crippen LogP contribution in [0.25, 0.3) is 0 Å². The third-order valence-corrected chi connectivity index (χ3v) is 9.21. The van der Waals surface area contributed by atoms with Gasteiger partial charge in [-0.05, 0) is 55.3 Å². The Labute approximate surface area is 208 Å². The van der Waals surface area contributed by atoms with Gasteiger partial charge in [0, 0.05) is 35.3 Å². The van der Waals surface area contributed by atoms with Crippen LogP contribution in [-0.2, 0) is 24.3 Å². The summed E-state index contributed by atoms with van der Waals surface area (Å²) < 4.78 is 32.4. The molecule has 1 N–H and O–H groups in total. The van der Waals surface area contributed by atoms with E-state index in [-0.39, 0.29) is 23.3 Å². The van der Waals surface area contributed by atoms with Gasteiger partial charge in [-0.25, -0.2) is 13.2 Å². The highest BCUT2D eigenvalue weighted by Crippen LogP contribution is 2.38. The van der Waals surface area contributed by atoms with Crippen LogP contribution in [0.15, 0.2) is 52.3 Å². The van der Waals surface area contributed by atoms with Crippen LogP contribution in [0.3, 0.4) is 0 Å². The standard InChI is InChI=1S/C24H27N3O6S2/c1-16-15-34-21-10-9-19(35(31,32)26-11-3-4-12-26)13-20(21)27(23(16)29)14-22(28)25-18-7-5-17(6-8-18)24(30)33-2/h5-10,13,16H,3-4,11-12,14-15H2,1-2H3,(H,25,28)/t16-/m0/s1. The second kappa shape index (κ2) is 10.4. The van der Waals surface area contributed by atoms with Crippen molar-refractivity contribution in [3.63, 3.8) is 0 Å². The van der Waals surface area contributed by atoms with Gasteiger partial charge in [-0.3, -0.25) is 9.59 Å². The molecule has 1 atom stereocenters. The SMILES string of the molecule is COC(=O)c1ccc(NC(=O)CN2C(=O)[C@@H](C)CSc3ccc(S(=O)(=O)N4CCCC4)cc32)cc1. The zero-order valence-electron chi connectivity index (χ0n) is 19.5. The molecule has 2 aromatic rings. The summed E-state index contributed by atoms with van der Waals surface area (Å²) >= 11 is 1.47. The summed E-state index contributed by atoms with van der Waals surface area (Å²) in [6, 6.07) is 11.0. The Bertz CT molecular complexity index is 1240. The highest BCUT2D eigenvalue weighted by molar-refractivity contribution is 7.99. The average Bonchev–Trinajstić information content (AvgIpc) is 3.38. The molecule has 1 fully saturated rings. The van der Waals surface area contributed by atoms with Crippen molar-refractivity contribution in [1.29, 1.82) is 0 Å². The molecule has 2 aliphatic rings. The van der Waals surface area contributed by atoms with Crippen molar-refractivity contribution in [3.05, 3.63) is 48.0 Å². The largest absolute Gasteiger partial charge is 0.465 e. The molecule has 11 heteroatoms. The lowest BCUT2D eigenvalue weighted by Gasteiger charge is -2.25. The van der Waals surface area contributed by atoms with Crippen LogP contribution in [0.1, 0.15) is 30.1 Å². The highest BCUT2D eigenvalue weighted by atomic mass is 32.2. The third-order valence-electron chi connectivity index (χ3n) is 5.99. The van der Waals surface area contributed by atoms with Crippen molar-refractivity contribution < 1.29 is 27.5 Å². The fraction of sp³-hybridized carbons (Fsp3) is 0.375. The Kier molecular flexibility index (Phi) is 7.48. The van der Waals surface area contributed by atoms with Crippen LogP contribution in [0.5, 0.6) is 0 Å². The van der Waals surface area contributed by atoms with Crippen molar-refractivity contribution in [2.75, 3.05) is 42.7 Å². The minimum absolute atomic E-state index is 0.116. The third kappa shape index (κ3) is 5.36. The van der Waals surface area contributed by atoms with Crippen LogP contribution in [0, 0.1) is 5.92 Å². The van der Waals surface area contributed by atoms with E-state index in [0.717, 1.165) is 17.7 Å². The summed E-state index contributed by atoms with van der Waals surface area (Å²) in [6.07, 6.45) is 1.64. The Morgan fingerprint density at radius 2 is 1.80 bits per heavy atom. The Balaban J connectivity index is 1.59. The fourth-order valence-corrected chi connectivity index (χ4v) is 6.64. The van der Waals surface area contributed by atoms with E-state index in [1.54, 1.807) is 31.2 Å². The van der Waals surface area contributed by atoms with Gasteiger partial charge in [0.25, 0.3) is 0 Å². The van der Waals surface area contributed by atoms with Gasteiger partial charge >= 0.3 is 5.97 Å². The first-order valence-electron chi connectivity index (χ1n) is 11.3. The number of benzene rings is 2. The second-order valence-electron chi connectivity index (χ2n) is 8.49. The van der Waals surface area contributed by atoms with Crippen LogP contribution < -0.4 is 10.2 Å². The van der Waals surface area contributed by atoms with Crippen molar-refractivity contribution in [1.82, 2.24) is 4.31 Å². The molecule has 2 heterocycles. The molecule has 9 nitrogen and oxygen atoms in total. The molecule has 0 aliphatic carbocycles. The topological polar surface area (TPSA) is 113 Å². The van der Waals surface area contributed by atoms with Gasteiger partial charge in [0.1, 0.15) is 6.54 Å². The van der Waals surface area contributed by atoms with Gasteiger partial charge in [-0.15, -0.1) is 11.8 Å². The maximum absolute atomic E-state index is 13.2. The summed E-state index contributed by atoms with van der Waals surface area (Å²) in [5, 5.41) is 2.73. The molecular weight excluding hydrogens is 490 g/mol. The molecule has 0 unspecified atom stereocenters. The molecule has 2 amide bonds. The number of hydrogen-bond acceptors (Lipinski definition) is 7. The predicted molar refractivity (Wildman–Crippen MR) is 133 cm³/mol. The van der Waals surface area contributed by atoms with E-state index in [9.17, 15) is 22.8 Å². The minimum atomic E-state index is -3.68. The number of esters is 1. The normalized spacial score (nSPS) is 18.6. The monoisotopic (exact) mass is 517 g/mol. The summed E-state index contributed by atoms with van der Waals surface area (Å²) in [4.78, 5) is 39.9. The van der Waals surface area contributed by atoms with E-state index in [1.807, 2.05) is 0 Å². The molecule has 2 aromatic carbocycles. The van der Waals surface area contributed by atoms with Gasteiger partial charge in [0.2, 0.25) is 21.8 Å². The van der Waals surface area contributed by atoms with Gasteiger partial charge < -0.3 is 15.0 Å². The van der Waals surface area contributed by atoms with Gasteiger partial charge in [0.05, 0.1) is 23.3 Å². The lowest BCUT2D eigenvalue weighted by Crippen LogP contribution is -2.41. The number of rotatable bonds is 6. The average molecular weight is 518 g/mol. The zero-order chi connectivity index (χ0) is 25.2. The zero-order valence-corrected chi connectivity index (χ0v) is 21.2. The number of nitrogens with zero attached hydrogens (tertiary/aromatic N) is 2. The van der Waals surface area contributed by atoms with Crippen LogP contribution in [0.4, 0.5) is 11.4 Å². The Hall–Kier alpha value is -2.89.